The average Bonchev–Trinajstić information content (AvgIpc) is 3.08. The summed E-state index contributed by atoms with van der Waals surface area (Å²) in [7, 11) is 10.3. The molecule has 1 aromatic heterocycles. The molecule has 1 aliphatic heterocycles. The average molecular weight is 486 g/mol. The molecule has 1 saturated heterocycles. The van der Waals surface area contributed by atoms with Crippen molar-refractivity contribution < 1.29 is 0 Å². The van der Waals surface area contributed by atoms with Gasteiger partial charge in [0.05, 0.1) is 11.6 Å². The number of likely N-dealkylation sites (N-methyl/N-ethyl adjacent to an activating group) is 1. The normalized spacial score (nSPS) is 21.0. The summed E-state index contributed by atoms with van der Waals surface area (Å²) in [4.78, 5) is 8.92. The summed E-state index contributed by atoms with van der Waals surface area (Å²) in [5.41, 5.74) is 1.38. The van der Waals surface area contributed by atoms with E-state index >= 15 is 0 Å². The van der Waals surface area contributed by atoms with Gasteiger partial charge in [0.15, 0.2) is 5.96 Å². The van der Waals surface area contributed by atoms with E-state index in [0.717, 1.165) is 24.1 Å². The zero-order chi connectivity index (χ0) is 17.0. The Balaban J connectivity index is 0.00000288. The first-order chi connectivity index (χ1) is 10.9. The van der Waals surface area contributed by atoms with Crippen LogP contribution in [0.4, 0.5) is 0 Å². The van der Waals surface area contributed by atoms with E-state index in [1.807, 2.05) is 38.1 Å². The Morgan fingerprint density at radius 1 is 1.46 bits per heavy atom. The van der Waals surface area contributed by atoms with Gasteiger partial charge in [-0.3, -0.25) is 4.99 Å². The van der Waals surface area contributed by atoms with Crippen LogP contribution in [0.5, 0.6) is 0 Å². The molecule has 2 rings (SSSR count). The lowest BCUT2D eigenvalue weighted by atomic mass is 9.97. The van der Waals surface area contributed by atoms with E-state index < -0.39 is 0 Å². The van der Waals surface area contributed by atoms with Crippen molar-refractivity contribution >= 4 is 53.3 Å². The fourth-order valence-corrected chi connectivity index (χ4v) is 4.74. The van der Waals surface area contributed by atoms with Crippen molar-refractivity contribution in [2.24, 2.45) is 12.0 Å². The van der Waals surface area contributed by atoms with Crippen molar-refractivity contribution in [3.8, 4) is 0 Å². The van der Waals surface area contributed by atoms with Gasteiger partial charge in [-0.25, -0.2) is 0 Å². The maximum Gasteiger partial charge on any atom is 0.193 e. The topological polar surface area (TPSA) is 35.8 Å². The van der Waals surface area contributed by atoms with Crippen LogP contribution in [0.15, 0.2) is 17.3 Å². The van der Waals surface area contributed by atoms with Crippen LogP contribution in [-0.4, -0.2) is 72.1 Å². The molecule has 5 nitrogen and oxygen atoms in total. The second kappa shape index (κ2) is 9.54. The predicted octanol–water partition coefficient (Wildman–Crippen LogP) is 2.74. The number of nitrogens with one attached hydrogen (secondary N) is 1. The van der Waals surface area contributed by atoms with Crippen LogP contribution in [0.1, 0.15) is 12.1 Å². The first-order valence-electron chi connectivity index (χ1n) is 7.86. The minimum absolute atomic E-state index is 0. The van der Waals surface area contributed by atoms with Crippen LogP contribution in [0, 0.1) is 0 Å². The van der Waals surface area contributed by atoms with E-state index in [2.05, 4.69) is 45.8 Å². The molecule has 0 aliphatic carbocycles. The maximum absolute atomic E-state index is 6.07. The fourth-order valence-electron chi connectivity index (χ4n) is 2.92. The van der Waals surface area contributed by atoms with Crippen LogP contribution in [0.2, 0.25) is 5.02 Å². The summed E-state index contributed by atoms with van der Waals surface area (Å²) in [5, 5.41) is 4.33. The van der Waals surface area contributed by atoms with Gasteiger partial charge in [-0.05, 0) is 32.3 Å². The van der Waals surface area contributed by atoms with Crippen molar-refractivity contribution in [2.45, 2.75) is 18.5 Å². The Kier molecular flexibility index (Phi) is 8.72. The molecule has 0 radical (unpaired) electrons. The second-order valence-electron chi connectivity index (χ2n) is 6.44. The minimum Gasteiger partial charge on any atom is -0.354 e. The molecule has 1 aliphatic rings. The minimum atomic E-state index is 0. The summed E-state index contributed by atoms with van der Waals surface area (Å²) in [6.45, 7) is 1.69. The molecule has 1 atom stereocenters. The second-order valence-corrected chi connectivity index (χ2v) is 7.98. The lowest BCUT2D eigenvalue weighted by Gasteiger charge is -2.37. The number of halogens is 2. The summed E-state index contributed by atoms with van der Waals surface area (Å²) < 4.78 is 2.06. The summed E-state index contributed by atoms with van der Waals surface area (Å²) in [5.74, 6) is 3.32. The van der Waals surface area contributed by atoms with Gasteiger partial charge in [0.25, 0.3) is 0 Å². The highest BCUT2D eigenvalue weighted by molar-refractivity contribution is 14.0. The van der Waals surface area contributed by atoms with Gasteiger partial charge in [0.2, 0.25) is 0 Å². The number of thioether (sulfide) groups is 1. The van der Waals surface area contributed by atoms with Gasteiger partial charge < -0.3 is 19.7 Å². The molecule has 1 fully saturated rings. The number of aryl methyl sites for hydroxylation is 1. The molecule has 0 spiro atoms. The van der Waals surface area contributed by atoms with Crippen LogP contribution in [-0.2, 0) is 13.6 Å². The number of rotatable bonds is 5. The first-order valence-corrected chi connectivity index (χ1v) is 9.39. The van der Waals surface area contributed by atoms with Crippen molar-refractivity contribution in [3.63, 3.8) is 0 Å². The van der Waals surface area contributed by atoms with Gasteiger partial charge in [0, 0.05) is 50.9 Å². The molecular weight excluding hydrogens is 457 g/mol. The molecule has 1 unspecified atom stereocenters. The van der Waals surface area contributed by atoms with Crippen molar-refractivity contribution in [1.29, 1.82) is 0 Å². The highest BCUT2D eigenvalue weighted by Crippen LogP contribution is 2.31. The van der Waals surface area contributed by atoms with Gasteiger partial charge in [-0.2, -0.15) is 11.8 Å². The Hall–Kier alpha value is -0.120. The Bertz CT molecular complexity index is 555. The Morgan fingerprint density at radius 2 is 2.17 bits per heavy atom. The highest BCUT2D eigenvalue weighted by Gasteiger charge is 2.36. The predicted molar refractivity (Wildman–Crippen MR) is 117 cm³/mol. The molecule has 2 heterocycles. The van der Waals surface area contributed by atoms with Crippen molar-refractivity contribution in [3.05, 3.63) is 23.0 Å². The number of aromatic nitrogens is 1. The van der Waals surface area contributed by atoms with Gasteiger partial charge >= 0.3 is 0 Å². The Morgan fingerprint density at radius 3 is 2.62 bits per heavy atom. The number of hydrogen-bond donors (Lipinski definition) is 1. The molecule has 0 aromatic carbocycles. The van der Waals surface area contributed by atoms with Crippen LogP contribution in [0.3, 0.4) is 0 Å². The largest absolute Gasteiger partial charge is 0.354 e. The lowest BCUT2D eigenvalue weighted by molar-refractivity contribution is 0.181. The summed E-state index contributed by atoms with van der Waals surface area (Å²) in [6.07, 6.45) is 3.14. The van der Waals surface area contributed by atoms with Gasteiger partial charge in [-0.15, -0.1) is 24.0 Å². The van der Waals surface area contributed by atoms with E-state index in [1.54, 1.807) is 0 Å². The monoisotopic (exact) mass is 485 g/mol. The third kappa shape index (κ3) is 5.19. The molecule has 138 valence electrons. The van der Waals surface area contributed by atoms with Crippen LogP contribution in [0.25, 0.3) is 0 Å². The summed E-state index contributed by atoms with van der Waals surface area (Å²) >= 11 is 8.10. The fraction of sp³-hybridized carbons (Fsp3) is 0.688. The molecule has 1 N–H and O–H groups in total. The van der Waals surface area contributed by atoms with E-state index in [4.69, 9.17) is 11.6 Å². The molecule has 24 heavy (non-hydrogen) atoms. The zero-order valence-corrected chi connectivity index (χ0v) is 19.1. The van der Waals surface area contributed by atoms with Crippen LogP contribution < -0.4 is 5.32 Å². The maximum atomic E-state index is 6.07. The lowest BCUT2D eigenvalue weighted by Crippen LogP contribution is -2.54. The summed E-state index contributed by atoms with van der Waals surface area (Å²) in [6, 6.07) is 2.00. The third-order valence-electron chi connectivity index (χ3n) is 4.65. The van der Waals surface area contributed by atoms with E-state index in [9.17, 15) is 0 Å². The molecule has 1 aromatic rings. The molecule has 0 bridgehead atoms. The highest BCUT2D eigenvalue weighted by atomic mass is 127. The molecule has 0 saturated carbocycles. The SMILES string of the molecule is CN=C(NCC1(N(C)C)CCSC1)N(C)Cc1cc(Cl)cn1C.I. The van der Waals surface area contributed by atoms with E-state index in [-0.39, 0.29) is 29.5 Å². The van der Waals surface area contributed by atoms with Gasteiger partial charge in [-0.1, -0.05) is 11.6 Å². The first kappa shape index (κ1) is 21.9. The number of nitrogens with zero attached hydrogens (tertiary/aromatic N) is 4. The molecule has 0 amide bonds. The quantitative estimate of drug-likeness (QED) is 0.395. The third-order valence-corrected chi connectivity index (χ3v) is 6.09. The van der Waals surface area contributed by atoms with Crippen molar-refractivity contribution in [1.82, 2.24) is 19.7 Å². The van der Waals surface area contributed by atoms with Crippen LogP contribution >= 0.6 is 47.3 Å². The number of aliphatic imine (C=N–C) groups is 1. The number of guanidine groups is 1. The van der Waals surface area contributed by atoms with E-state index in [0.29, 0.717) is 0 Å². The Labute approximate surface area is 172 Å². The van der Waals surface area contributed by atoms with E-state index in [1.165, 1.54) is 23.6 Å². The standard InChI is InChI=1S/C16H28ClN5S.HI/c1-18-15(19-11-16(20(2)3)6-7-23-12-16)22(5)10-14-8-13(17)9-21(14)4;/h8-9H,6-7,10-12H2,1-5H3,(H,18,19);1H. The zero-order valence-electron chi connectivity index (χ0n) is 15.2. The molecule has 8 heteroatoms. The van der Waals surface area contributed by atoms with Gasteiger partial charge in [0.1, 0.15) is 0 Å². The number of hydrogen-bond acceptors (Lipinski definition) is 3. The smallest absolute Gasteiger partial charge is 0.193 e. The molecular formula is C16H29ClIN5S. The van der Waals surface area contributed by atoms with Crippen molar-refractivity contribution in [2.75, 3.05) is 46.2 Å².